The van der Waals surface area contributed by atoms with Gasteiger partial charge in [-0.3, -0.25) is 9.35 Å². The summed E-state index contributed by atoms with van der Waals surface area (Å²) in [5.74, 6) is -0.829. The lowest BCUT2D eigenvalue weighted by atomic mass is 10.0. The second-order valence-corrected chi connectivity index (χ2v) is 6.24. The predicted octanol–water partition coefficient (Wildman–Crippen LogP) is -0.825. The molecule has 3 amide bonds. The lowest BCUT2D eigenvalue weighted by Crippen LogP contribution is -2.48. The minimum Gasteiger partial charge on any atom is -0.385 e. The highest BCUT2D eigenvalue weighted by molar-refractivity contribution is 7.80. The molecular weight excluding hydrogens is 346 g/mol. The maximum absolute atomic E-state index is 12.2. The van der Waals surface area contributed by atoms with E-state index in [1.54, 1.807) is 0 Å². The Hall–Kier alpha value is -2.51. The molecule has 130 valence electrons. The highest BCUT2D eigenvalue weighted by Gasteiger charge is 2.48. The molecule has 3 N–H and O–H groups in total. The van der Waals surface area contributed by atoms with E-state index in [1.807, 2.05) is 0 Å². The Kier molecular flexibility index (Phi) is 3.98. The summed E-state index contributed by atoms with van der Waals surface area (Å²) in [5.41, 5.74) is 5.79. The molecule has 2 aliphatic heterocycles. The van der Waals surface area contributed by atoms with Gasteiger partial charge in [0, 0.05) is 12.6 Å². The molecule has 3 rings (SSSR count). The quantitative estimate of drug-likeness (QED) is 0.396. The molecule has 0 aromatic carbocycles. The number of carbonyl (C=O) groups excluding carboxylic acids is 2. The van der Waals surface area contributed by atoms with E-state index in [0.29, 0.717) is 17.9 Å². The van der Waals surface area contributed by atoms with Crippen molar-refractivity contribution in [2.24, 2.45) is 10.7 Å². The van der Waals surface area contributed by atoms with Crippen LogP contribution in [-0.2, 0) is 14.7 Å². The van der Waals surface area contributed by atoms with Crippen LogP contribution in [-0.4, -0.2) is 64.5 Å². The van der Waals surface area contributed by atoms with Crippen molar-refractivity contribution in [2.45, 2.75) is 24.9 Å². The molecule has 0 saturated carbocycles. The third-order valence-electron chi connectivity index (χ3n) is 3.73. The average Bonchev–Trinajstić information content (AvgIpc) is 3.11. The molecule has 2 saturated heterocycles. The van der Waals surface area contributed by atoms with Gasteiger partial charge in [-0.1, -0.05) is 5.16 Å². The van der Waals surface area contributed by atoms with E-state index in [9.17, 15) is 18.0 Å². The van der Waals surface area contributed by atoms with Gasteiger partial charge in [-0.15, -0.1) is 4.28 Å². The average molecular weight is 359 g/mol. The number of amides is 3. The van der Waals surface area contributed by atoms with E-state index in [0.717, 1.165) is 0 Å². The van der Waals surface area contributed by atoms with Gasteiger partial charge in [-0.25, -0.2) is 4.79 Å². The molecule has 1 aromatic rings. The maximum atomic E-state index is 12.2. The third-order valence-corrected chi connectivity index (χ3v) is 4.08. The fourth-order valence-corrected chi connectivity index (χ4v) is 3.10. The number of aromatic nitrogens is 1. The second-order valence-electron chi connectivity index (χ2n) is 5.24. The summed E-state index contributed by atoms with van der Waals surface area (Å²) in [5, 5.41) is 4.02. The minimum absolute atomic E-state index is 0.0317. The standard InChI is InChI=1S/C11H13N5O7S/c12-9(13-10(17)7-3-4-22-14-7)8-2-1-6-5-15(8)11(18)16(6)23-24(19,20)21/h3-4,6,8H,1-2,5H2,(H2,12,13,17)(H,19,20,21). The lowest BCUT2D eigenvalue weighted by molar-refractivity contribution is -0.0316. The summed E-state index contributed by atoms with van der Waals surface area (Å²) in [7, 11) is -4.82. The van der Waals surface area contributed by atoms with Gasteiger partial charge in [0.25, 0.3) is 0 Å². The topological polar surface area (TPSA) is 169 Å². The van der Waals surface area contributed by atoms with Crippen molar-refractivity contribution in [1.82, 2.24) is 15.1 Å². The van der Waals surface area contributed by atoms with Crippen molar-refractivity contribution in [3.8, 4) is 0 Å². The van der Waals surface area contributed by atoms with Gasteiger partial charge >= 0.3 is 22.3 Å². The zero-order chi connectivity index (χ0) is 17.5. The molecular formula is C11H13N5O7S. The molecule has 2 atom stereocenters. The molecule has 2 unspecified atom stereocenters. The molecule has 2 aliphatic rings. The molecule has 13 heteroatoms. The Morgan fingerprint density at radius 2 is 2.25 bits per heavy atom. The Morgan fingerprint density at radius 1 is 1.50 bits per heavy atom. The Balaban J connectivity index is 1.77. The number of nitrogens with zero attached hydrogens (tertiary/aromatic N) is 4. The van der Waals surface area contributed by atoms with Crippen LogP contribution < -0.4 is 5.73 Å². The van der Waals surface area contributed by atoms with Gasteiger partial charge < -0.3 is 15.2 Å². The van der Waals surface area contributed by atoms with Gasteiger partial charge in [0.1, 0.15) is 12.1 Å². The van der Waals surface area contributed by atoms with E-state index in [2.05, 4.69) is 19.0 Å². The SMILES string of the molecule is NC(=NC(=O)c1ccon1)C1CCC2CN1C(=O)N2OS(=O)(=O)O. The zero-order valence-corrected chi connectivity index (χ0v) is 12.9. The van der Waals surface area contributed by atoms with Crippen LogP contribution in [0.5, 0.6) is 0 Å². The largest absolute Gasteiger partial charge is 0.418 e. The van der Waals surface area contributed by atoms with Crippen LogP contribution in [0.3, 0.4) is 0 Å². The van der Waals surface area contributed by atoms with Gasteiger partial charge in [-0.2, -0.15) is 18.5 Å². The van der Waals surface area contributed by atoms with Gasteiger partial charge in [-0.05, 0) is 12.8 Å². The molecule has 0 aliphatic carbocycles. The van der Waals surface area contributed by atoms with E-state index in [4.69, 9.17) is 10.3 Å². The smallest absolute Gasteiger partial charge is 0.385 e. The van der Waals surface area contributed by atoms with Crippen molar-refractivity contribution < 1.29 is 31.4 Å². The number of hydroxylamine groups is 2. The first-order valence-electron chi connectivity index (χ1n) is 6.82. The summed E-state index contributed by atoms with van der Waals surface area (Å²) in [6.07, 6.45) is 1.92. The first-order valence-corrected chi connectivity index (χ1v) is 8.18. The number of aliphatic imine (C=N–C) groups is 1. The molecule has 0 radical (unpaired) electrons. The number of amidine groups is 1. The third kappa shape index (κ3) is 3.08. The van der Waals surface area contributed by atoms with Crippen LogP contribution in [0.25, 0.3) is 0 Å². The number of piperidine rings is 1. The van der Waals surface area contributed by atoms with Gasteiger partial charge in [0.05, 0.1) is 12.1 Å². The van der Waals surface area contributed by atoms with E-state index in [1.165, 1.54) is 17.2 Å². The van der Waals surface area contributed by atoms with Crippen LogP contribution >= 0.6 is 0 Å². The number of fused-ring (bicyclic) bond motifs is 2. The van der Waals surface area contributed by atoms with Crippen molar-refractivity contribution in [1.29, 1.82) is 0 Å². The summed E-state index contributed by atoms with van der Waals surface area (Å²) < 4.78 is 39.2. The van der Waals surface area contributed by atoms with Crippen molar-refractivity contribution in [3.63, 3.8) is 0 Å². The molecule has 0 spiro atoms. The van der Waals surface area contributed by atoms with Crippen molar-refractivity contribution >= 4 is 28.2 Å². The van der Waals surface area contributed by atoms with Crippen LogP contribution in [0, 0.1) is 0 Å². The highest BCUT2D eigenvalue weighted by atomic mass is 32.3. The number of hydrogen-bond acceptors (Lipinski definition) is 7. The van der Waals surface area contributed by atoms with Gasteiger partial charge in [0.2, 0.25) is 0 Å². The first-order chi connectivity index (χ1) is 11.3. The van der Waals surface area contributed by atoms with Gasteiger partial charge in [0.15, 0.2) is 5.69 Å². The number of urea groups is 1. The Bertz CT molecular complexity index is 790. The van der Waals surface area contributed by atoms with E-state index >= 15 is 0 Å². The fraction of sp³-hybridized carbons (Fsp3) is 0.455. The van der Waals surface area contributed by atoms with Crippen LogP contribution in [0.4, 0.5) is 4.79 Å². The van der Waals surface area contributed by atoms with Crippen LogP contribution in [0.15, 0.2) is 21.8 Å². The number of hydrogen-bond donors (Lipinski definition) is 2. The second kappa shape index (κ2) is 5.85. The maximum Gasteiger partial charge on any atom is 0.418 e. The van der Waals surface area contributed by atoms with Crippen LogP contribution in [0.1, 0.15) is 23.3 Å². The fourth-order valence-electron chi connectivity index (χ4n) is 2.71. The Morgan fingerprint density at radius 3 is 2.88 bits per heavy atom. The normalized spacial score (nSPS) is 24.5. The lowest BCUT2D eigenvalue weighted by Gasteiger charge is -2.29. The number of rotatable bonds is 4. The zero-order valence-electron chi connectivity index (χ0n) is 12.1. The number of nitrogens with two attached hydrogens (primary N) is 1. The van der Waals surface area contributed by atoms with E-state index in [-0.39, 0.29) is 18.1 Å². The molecule has 2 fully saturated rings. The Labute approximate surface area is 135 Å². The molecule has 12 nitrogen and oxygen atoms in total. The summed E-state index contributed by atoms with van der Waals surface area (Å²) in [6, 6.07) is -0.708. The number of carbonyl (C=O) groups is 2. The molecule has 24 heavy (non-hydrogen) atoms. The summed E-state index contributed by atoms with van der Waals surface area (Å²) in [4.78, 5) is 29.0. The van der Waals surface area contributed by atoms with Crippen molar-refractivity contribution in [3.05, 3.63) is 18.0 Å². The van der Waals surface area contributed by atoms with Crippen molar-refractivity contribution in [2.75, 3.05) is 6.54 Å². The summed E-state index contributed by atoms with van der Waals surface area (Å²) in [6.45, 7) is 0.132. The monoisotopic (exact) mass is 359 g/mol. The summed E-state index contributed by atoms with van der Waals surface area (Å²) >= 11 is 0. The van der Waals surface area contributed by atoms with E-state index < -0.39 is 34.4 Å². The molecule has 3 heterocycles. The highest BCUT2D eigenvalue weighted by Crippen LogP contribution is 2.30. The minimum atomic E-state index is -4.82. The predicted molar refractivity (Wildman–Crippen MR) is 75.8 cm³/mol. The molecule has 1 aromatic heterocycles. The molecule has 2 bridgehead atoms. The van der Waals surface area contributed by atoms with Crippen LogP contribution in [0.2, 0.25) is 0 Å². The first kappa shape index (κ1) is 16.4.